The van der Waals surface area contributed by atoms with Gasteiger partial charge in [0.15, 0.2) is 11.6 Å². The molecule has 1 N–H and O–H groups in total. The Bertz CT molecular complexity index is 380. The average Bonchev–Trinajstić information content (AvgIpc) is 2.32. The van der Waals surface area contributed by atoms with E-state index < -0.39 is 17.5 Å². The third-order valence-electron chi connectivity index (χ3n) is 2.97. The number of nitrogens with one attached hydrogen (secondary N) is 1. The summed E-state index contributed by atoms with van der Waals surface area (Å²) in [6, 6.07) is 1.74. The van der Waals surface area contributed by atoms with Crippen molar-refractivity contribution in [3.8, 4) is 0 Å². The molecule has 1 rings (SSSR count). The zero-order valence-corrected chi connectivity index (χ0v) is 10.9. The Morgan fingerprint density at radius 2 is 1.72 bits per heavy atom. The number of hydrogen-bond donors (Lipinski definition) is 1. The average molecular weight is 259 g/mol. The Hall–Kier alpha value is -1.03. The van der Waals surface area contributed by atoms with Crippen LogP contribution < -0.4 is 5.32 Å². The minimum Gasteiger partial charge on any atom is -0.310 e. The van der Waals surface area contributed by atoms with Crippen LogP contribution in [-0.2, 0) is 6.54 Å². The SMILES string of the molecule is CCCCCC(C)NCc1cc(F)c(F)cc1F. The van der Waals surface area contributed by atoms with E-state index in [2.05, 4.69) is 12.2 Å². The molecule has 0 saturated carbocycles. The lowest BCUT2D eigenvalue weighted by molar-refractivity contribution is 0.464. The highest BCUT2D eigenvalue weighted by molar-refractivity contribution is 5.19. The van der Waals surface area contributed by atoms with Crippen molar-refractivity contribution in [1.29, 1.82) is 0 Å². The van der Waals surface area contributed by atoms with E-state index in [0.29, 0.717) is 6.07 Å². The van der Waals surface area contributed by atoms with Crippen LogP contribution in [0.4, 0.5) is 13.2 Å². The number of halogens is 3. The molecule has 0 heterocycles. The second-order valence-electron chi connectivity index (χ2n) is 4.64. The van der Waals surface area contributed by atoms with E-state index in [1.807, 2.05) is 6.92 Å². The van der Waals surface area contributed by atoms with Gasteiger partial charge in [0.05, 0.1) is 0 Å². The van der Waals surface area contributed by atoms with Crippen molar-refractivity contribution >= 4 is 0 Å². The summed E-state index contributed by atoms with van der Waals surface area (Å²) in [6.45, 7) is 4.36. The maximum absolute atomic E-state index is 13.3. The van der Waals surface area contributed by atoms with Crippen molar-refractivity contribution in [1.82, 2.24) is 5.32 Å². The maximum Gasteiger partial charge on any atom is 0.161 e. The molecule has 0 fully saturated rings. The number of rotatable bonds is 7. The third kappa shape index (κ3) is 4.69. The molecular formula is C14H20F3N. The minimum absolute atomic E-state index is 0.163. The molecule has 1 atom stereocenters. The topological polar surface area (TPSA) is 12.0 Å². The standard InChI is InChI=1S/C14H20F3N/c1-3-4-5-6-10(2)18-9-11-7-13(16)14(17)8-12(11)15/h7-8,10,18H,3-6,9H2,1-2H3. The van der Waals surface area contributed by atoms with Crippen LogP contribution in [0.25, 0.3) is 0 Å². The molecule has 0 aliphatic rings. The first-order valence-corrected chi connectivity index (χ1v) is 6.41. The molecule has 18 heavy (non-hydrogen) atoms. The summed E-state index contributed by atoms with van der Waals surface area (Å²) >= 11 is 0. The van der Waals surface area contributed by atoms with Crippen molar-refractivity contribution < 1.29 is 13.2 Å². The lowest BCUT2D eigenvalue weighted by Crippen LogP contribution is -2.25. The van der Waals surface area contributed by atoms with Gasteiger partial charge < -0.3 is 5.32 Å². The van der Waals surface area contributed by atoms with E-state index in [1.54, 1.807) is 0 Å². The van der Waals surface area contributed by atoms with Crippen LogP contribution in [0.15, 0.2) is 12.1 Å². The van der Waals surface area contributed by atoms with Gasteiger partial charge in [0.25, 0.3) is 0 Å². The van der Waals surface area contributed by atoms with Gasteiger partial charge in [0.1, 0.15) is 5.82 Å². The van der Waals surface area contributed by atoms with Gasteiger partial charge in [-0.25, -0.2) is 13.2 Å². The zero-order chi connectivity index (χ0) is 13.5. The van der Waals surface area contributed by atoms with Gasteiger partial charge >= 0.3 is 0 Å². The van der Waals surface area contributed by atoms with Crippen LogP contribution in [-0.4, -0.2) is 6.04 Å². The first kappa shape index (κ1) is 15.0. The quantitative estimate of drug-likeness (QED) is 0.572. The van der Waals surface area contributed by atoms with Crippen LogP contribution in [0.3, 0.4) is 0 Å². The van der Waals surface area contributed by atoms with Gasteiger partial charge in [-0.1, -0.05) is 26.2 Å². The molecule has 0 aromatic heterocycles. The van der Waals surface area contributed by atoms with Gasteiger partial charge in [-0.3, -0.25) is 0 Å². The Kier molecular flexibility index (Phi) is 6.19. The molecule has 1 aromatic carbocycles. The van der Waals surface area contributed by atoms with E-state index in [-0.39, 0.29) is 18.2 Å². The predicted molar refractivity (Wildman–Crippen MR) is 66.8 cm³/mol. The third-order valence-corrected chi connectivity index (χ3v) is 2.97. The van der Waals surface area contributed by atoms with Crippen LogP contribution in [0, 0.1) is 17.5 Å². The Labute approximate surface area is 106 Å². The molecule has 4 heteroatoms. The number of unbranched alkanes of at least 4 members (excludes halogenated alkanes) is 2. The molecule has 0 saturated heterocycles. The zero-order valence-electron chi connectivity index (χ0n) is 10.9. The van der Waals surface area contributed by atoms with E-state index in [0.717, 1.165) is 25.3 Å². The first-order valence-electron chi connectivity index (χ1n) is 6.41. The van der Waals surface area contributed by atoms with E-state index in [1.165, 1.54) is 6.42 Å². The van der Waals surface area contributed by atoms with Gasteiger partial charge in [0, 0.05) is 24.2 Å². The molecule has 0 spiro atoms. The van der Waals surface area contributed by atoms with Crippen LogP contribution in [0.2, 0.25) is 0 Å². The molecule has 1 unspecified atom stereocenters. The summed E-state index contributed by atoms with van der Waals surface area (Å²) in [4.78, 5) is 0. The van der Waals surface area contributed by atoms with Crippen LogP contribution >= 0.6 is 0 Å². The lowest BCUT2D eigenvalue weighted by Gasteiger charge is -2.14. The fourth-order valence-corrected chi connectivity index (χ4v) is 1.79. The molecule has 1 aromatic rings. The highest BCUT2D eigenvalue weighted by Crippen LogP contribution is 2.14. The highest BCUT2D eigenvalue weighted by Gasteiger charge is 2.10. The monoisotopic (exact) mass is 259 g/mol. The minimum atomic E-state index is -1.15. The van der Waals surface area contributed by atoms with Crippen LogP contribution in [0.1, 0.15) is 45.1 Å². The molecule has 1 nitrogen and oxygen atoms in total. The summed E-state index contributed by atoms with van der Waals surface area (Å²) in [5, 5.41) is 3.12. The second-order valence-corrected chi connectivity index (χ2v) is 4.64. The van der Waals surface area contributed by atoms with E-state index in [4.69, 9.17) is 0 Å². The summed E-state index contributed by atoms with van der Waals surface area (Å²) < 4.78 is 39.0. The molecular weight excluding hydrogens is 239 g/mol. The Balaban J connectivity index is 2.45. The summed E-state index contributed by atoms with van der Waals surface area (Å²) in [5.74, 6) is -2.86. The number of hydrogen-bond acceptors (Lipinski definition) is 1. The molecule has 0 radical (unpaired) electrons. The second kappa shape index (κ2) is 7.41. The predicted octanol–water partition coefficient (Wildman–Crippen LogP) is 4.16. The fourth-order valence-electron chi connectivity index (χ4n) is 1.79. The molecule has 0 aliphatic carbocycles. The summed E-state index contributed by atoms with van der Waals surface area (Å²) in [5.41, 5.74) is 0.163. The Morgan fingerprint density at radius 3 is 2.39 bits per heavy atom. The highest BCUT2D eigenvalue weighted by atomic mass is 19.2. The number of benzene rings is 1. The van der Waals surface area contributed by atoms with Crippen molar-refractivity contribution in [2.24, 2.45) is 0 Å². The fraction of sp³-hybridized carbons (Fsp3) is 0.571. The van der Waals surface area contributed by atoms with Gasteiger partial charge in [0.2, 0.25) is 0 Å². The van der Waals surface area contributed by atoms with Crippen molar-refractivity contribution in [3.05, 3.63) is 35.1 Å². The molecule has 0 aliphatic heterocycles. The maximum atomic E-state index is 13.3. The van der Waals surface area contributed by atoms with Gasteiger partial charge in [-0.05, 0) is 19.4 Å². The molecule has 0 amide bonds. The first-order chi connectivity index (χ1) is 8.54. The van der Waals surface area contributed by atoms with Crippen molar-refractivity contribution in [2.75, 3.05) is 0 Å². The normalized spacial score (nSPS) is 12.7. The van der Waals surface area contributed by atoms with Crippen LogP contribution in [0.5, 0.6) is 0 Å². The molecule has 102 valence electrons. The summed E-state index contributed by atoms with van der Waals surface area (Å²) in [6.07, 6.45) is 4.44. The molecule has 0 bridgehead atoms. The van der Waals surface area contributed by atoms with Crippen molar-refractivity contribution in [3.63, 3.8) is 0 Å². The van der Waals surface area contributed by atoms with E-state index in [9.17, 15) is 13.2 Å². The van der Waals surface area contributed by atoms with Crippen molar-refractivity contribution in [2.45, 2.75) is 52.1 Å². The van der Waals surface area contributed by atoms with Gasteiger partial charge in [-0.15, -0.1) is 0 Å². The smallest absolute Gasteiger partial charge is 0.161 e. The van der Waals surface area contributed by atoms with Gasteiger partial charge in [-0.2, -0.15) is 0 Å². The summed E-state index contributed by atoms with van der Waals surface area (Å²) in [7, 11) is 0. The lowest BCUT2D eigenvalue weighted by atomic mass is 10.1. The largest absolute Gasteiger partial charge is 0.310 e. The van der Waals surface area contributed by atoms with E-state index >= 15 is 0 Å². The Morgan fingerprint density at radius 1 is 1.06 bits per heavy atom.